The number of carbonyl (C=O) groups excluding carboxylic acids is 1. The standard InChI is InChI=1S/C20H19N3O4S/c1-22(2)16-9-7-13(12-17(16)23(26)27)11-14(8-10-19(24)25)20-21-15-5-3-4-6-18(15)28-20/h3-7,9,11-12H,8,10H2,1-2H3,(H,24,25)/p-1/b14-11+. The van der Waals surface area contributed by atoms with Crippen molar-refractivity contribution in [1.82, 2.24) is 4.98 Å². The molecule has 0 N–H and O–H groups in total. The molecule has 1 heterocycles. The summed E-state index contributed by atoms with van der Waals surface area (Å²) in [4.78, 5) is 28.2. The van der Waals surface area contributed by atoms with Crippen LogP contribution >= 0.6 is 11.3 Å². The van der Waals surface area contributed by atoms with Crippen LogP contribution in [-0.4, -0.2) is 30.0 Å². The number of benzene rings is 2. The number of anilines is 1. The van der Waals surface area contributed by atoms with Gasteiger partial charge in [-0.05, 0) is 48.3 Å². The van der Waals surface area contributed by atoms with Gasteiger partial charge in [0.05, 0.1) is 15.1 Å². The molecule has 8 heteroatoms. The van der Waals surface area contributed by atoms with Gasteiger partial charge in [0.1, 0.15) is 10.7 Å². The Morgan fingerprint density at radius 2 is 1.96 bits per heavy atom. The van der Waals surface area contributed by atoms with Crippen LogP contribution in [0.25, 0.3) is 21.9 Å². The Bertz CT molecular complexity index is 1040. The molecule has 0 radical (unpaired) electrons. The van der Waals surface area contributed by atoms with Crippen LogP contribution in [-0.2, 0) is 4.79 Å². The molecule has 0 amide bonds. The van der Waals surface area contributed by atoms with Crippen LogP contribution in [0, 0.1) is 10.1 Å². The van der Waals surface area contributed by atoms with Crippen molar-refractivity contribution < 1.29 is 14.8 Å². The van der Waals surface area contributed by atoms with Crippen molar-refractivity contribution in [3.05, 3.63) is 63.1 Å². The number of nitro groups is 1. The quantitative estimate of drug-likeness (QED) is 0.449. The van der Waals surface area contributed by atoms with Gasteiger partial charge in [-0.1, -0.05) is 18.2 Å². The molecule has 3 rings (SSSR count). The number of nitro benzene ring substituents is 1. The molecule has 0 aliphatic carbocycles. The number of hydrogen-bond donors (Lipinski definition) is 0. The van der Waals surface area contributed by atoms with E-state index in [0.29, 0.717) is 21.8 Å². The lowest BCUT2D eigenvalue weighted by molar-refractivity contribution is -0.384. The molecule has 144 valence electrons. The number of fused-ring (bicyclic) bond motifs is 1. The summed E-state index contributed by atoms with van der Waals surface area (Å²) in [7, 11) is 3.48. The summed E-state index contributed by atoms with van der Waals surface area (Å²) < 4.78 is 0.991. The van der Waals surface area contributed by atoms with E-state index in [-0.39, 0.29) is 18.5 Å². The van der Waals surface area contributed by atoms with E-state index < -0.39 is 10.9 Å². The van der Waals surface area contributed by atoms with E-state index in [1.54, 1.807) is 37.2 Å². The molecule has 28 heavy (non-hydrogen) atoms. The van der Waals surface area contributed by atoms with Gasteiger partial charge in [0, 0.05) is 26.1 Å². The molecule has 0 spiro atoms. The summed E-state index contributed by atoms with van der Waals surface area (Å²) in [6.45, 7) is 0. The van der Waals surface area contributed by atoms with E-state index in [1.807, 2.05) is 24.3 Å². The first-order chi connectivity index (χ1) is 13.3. The van der Waals surface area contributed by atoms with E-state index in [4.69, 9.17) is 0 Å². The van der Waals surface area contributed by atoms with Crippen molar-refractivity contribution in [3.63, 3.8) is 0 Å². The van der Waals surface area contributed by atoms with Crippen LogP contribution in [0.5, 0.6) is 0 Å². The monoisotopic (exact) mass is 396 g/mol. The molecule has 0 unspecified atom stereocenters. The number of carbonyl (C=O) groups is 1. The fraction of sp³-hybridized carbons (Fsp3) is 0.200. The van der Waals surface area contributed by atoms with Gasteiger partial charge in [-0.25, -0.2) is 4.98 Å². The number of hydrogen-bond acceptors (Lipinski definition) is 7. The summed E-state index contributed by atoms with van der Waals surface area (Å²) in [6, 6.07) is 12.6. The van der Waals surface area contributed by atoms with Crippen molar-refractivity contribution in [3.8, 4) is 0 Å². The van der Waals surface area contributed by atoms with Gasteiger partial charge in [0.15, 0.2) is 0 Å². The zero-order valence-corrected chi connectivity index (χ0v) is 16.2. The Labute approximate surface area is 165 Å². The molecule has 0 aliphatic rings. The van der Waals surface area contributed by atoms with Crippen LogP contribution in [0.2, 0.25) is 0 Å². The fourth-order valence-corrected chi connectivity index (χ4v) is 3.85. The maximum absolute atomic E-state index is 11.4. The molecule has 0 saturated heterocycles. The smallest absolute Gasteiger partial charge is 0.293 e. The first kappa shape index (κ1) is 19.5. The number of para-hydroxylation sites is 1. The highest BCUT2D eigenvalue weighted by Crippen LogP contribution is 2.33. The van der Waals surface area contributed by atoms with Crippen LogP contribution < -0.4 is 10.0 Å². The van der Waals surface area contributed by atoms with Crippen molar-refractivity contribution >= 4 is 50.5 Å². The fourth-order valence-electron chi connectivity index (χ4n) is 2.84. The van der Waals surface area contributed by atoms with Gasteiger partial charge in [0.2, 0.25) is 0 Å². The SMILES string of the molecule is CN(C)c1ccc(/C=C(\CCC(=O)[O-])c2nc3ccccc3s2)cc1[N+](=O)[O-]. The third kappa shape index (κ3) is 4.34. The van der Waals surface area contributed by atoms with Gasteiger partial charge in [-0.15, -0.1) is 11.3 Å². The van der Waals surface area contributed by atoms with E-state index in [2.05, 4.69) is 4.98 Å². The maximum Gasteiger partial charge on any atom is 0.293 e. The number of nitrogens with zero attached hydrogens (tertiary/aromatic N) is 3. The molecule has 0 fully saturated rings. The summed E-state index contributed by atoms with van der Waals surface area (Å²) in [5.74, 6) is -1.15. The number of carboxylic acid groups (broad SMARTS) is 1. The van der Waals surface area contributed by atoms with Crippen molar-refractivity contribution in [1.29, 1.82) is 0 Å². The highest BCUT2D eigenvalue weighted by molar-refractivity contribution is 7.19. The first-order valence-corrected chi connectivity index (χ1v) is 9.39. The normalized spacial score (nSPS) is 11.6. The van der Waals surface area contributed by atoms with Gasteiger partial charge >= 0.3 is 0 Å². The van der Waals surface area contributed by atoms with E-state index >= 15 is 0 Å². The maximum atomic E-state index is 11.4. The number of aliphatic carboxylic acids is 1. The Morgan fingerprint density at radius 1 is 1.21 bits per heavy atom. The Morgan fingerprint density at radius 3 is 2.61 bits per heavy atom. The average molecular weight is 396 g/mol. The van der Waals surface area contributed by atoms with Crippen LogP contribution in [0.4, 0.5) is 11.4 Å². The Hall–Kier alpha value is -3.26. The lowest BCUT2D eigenvalue weighted by Gasteiger charge is -2.13. The number of carboxylic acids is 1. The molecule has 0 aliphatic heterocycles. The Balaban J connectivity index is 2.07. The van der Waals surface area contributed by atoms with Crippen molar-refractivity contribution in [2.24, 2.45) is 0 Å². The minimum atomic E-state index is -1.15. The summed E-state index contributed by atoms with van der Waals surface area (Å²) in [5, 5.41) is 23.1. The van der Waals surface area contributed by atoms with Crippen LogP contribution in [0.1, 0.15) is 23.4 Å². The molecule has 0 atom stereocenters. The molecule has 7 nitrogen and oxygen atoms in total. The summed E-state index contributed by atoms with van der Waals surface area (Å²) >= 11 is 1.46. The molecule has 1 aromatic heterocycles. The molecule has 3 aromatic rings. The highest BCUT2D eigenvalue weighted by atomic mass is 32.1. The second-order valence-corrected chi connectivity index (χ2v) is 7.46. The minimum absolute atomic E-state index is 0.0118. The molecular weight excluding hydrogens is 378 g/mol. The van der Waals surface area contributed by atoms with Gasteiger partial charge < -0.3 is 14.8 Å². The predicted octanol–water partition coefficient (Wildman–Crippen LogP) is 3.34. The zero-order valence-electron chi connectivity index (χ0n) is 15.4. The predicted molar refractivity (Wildman–Crippen MR) is 109 cm³/mol. The highest BCUT2D eigenvalue weighted by Gasteiger charge is 2.16. The van der Waals surface area contributed by atoms with Gasteiger partial charge in [-0.3, -0.25) is 10.1 Å². The van der Waals surface area contributed by atoms with E-state index in [9.17, 15) is 20.0 Å². The second kappa shape index (κ2) is 8.18. The second-order valence-electron chi connectivity index (χ2n) is 6.43. The molecule has 0 bridgehead atoms. The van der Waals surface area contributed by atoms with Crippen molar-refractivity contribution in [2.75, 3.05) is 19.0 Å². The first-order valence-electron chi connectivity index (χ1n) is 8.57. The number of aromatic nitrogens is 1. The van der Waals surface area contributed by atoms with Crippen LogP contribution in [0.15, 0.2) is 42.5 Å². The topological polar surface area (TPSA) is 99.4 Å². The lowest BCUT2D eigenvalue weighted by atomic mass is 10.1. The third-order valence-corrected chi connectivity index (χ3v) is 5.30. The lowest BCUT2D eigenvalue weighted by Crippen LogP contribution is -2.21. The van der Waals surface area contributed by atoms with Crippen molar-refractivity contribution in [2.45, 2.75) is 12.8 Å². The summed E-state index contributed by atoms with van der Waals surface area (Å²) in [5.41, 5.74) is 2.64. The molecular formula is C20H18N3O4S-. The largest absolute Gasteiger partial charge is 0.550 e. The number of allylic oxidation sites excluding steroid dienone is 1. The number of rotatable bonds is 7. The minimum Gasteiger partial charge on any atom is -0.550 e. The molecule has 0 saturated carbocycles. The van der Waals surface area contributed by atoms with Crippen LogP contribution in [0.3, 0.4) is 0 Å². The third-order valence-electron chi connectivity index (χ3n) is 4.19. The zero-order chi connectivity index (χ0) is 20.3. The number of thiazole rings is 1. The molecule has 2 aromatic carbocycles. The van der Waals surface area contributed by atoms with E-state index in [1.165, 1.54) is 17.4 Å². The van der Waals surface area contributed by atoms with Gasteiger partial charge in [0.25, 0.3) is 5.69 Å². The summed E-state index contributed by atoms with van der Waals surface area (Å²) in [6.07, 6.45) is 1.83. The van der Waals surface area contributed by atoms with Gasteiger partial charge in [-0.2, -0.15) is 0 Å². The average Bonchev–Trinajstić information content (AvgIpc) is 3.08. The Kier molecular flexibility index (Phi) is 5.70. The van der Waals surface area contributed by atoms with E-state index in [0.717, 1.165) is 10.2 Å².